The Morgan fingerprint density at radius 3 is 3.05 bits per heavy atom. The van der Waals surface area contributed by atoms with Crippen LogP contribution in [-0.2, 0) is 0 Å². The normalized spacial score (nSPS) is 12.5. The lowest BCUT2D eigenvalue weighted by molar-refractivity contribution is 0.0792. The van der Waals surface area contributed by atoms with Crippen LogP contribution in [0.2, 0.25) is 0 Å². The smallest absolute Gasteiger partial charge is 0.273 e. The minimum atomic E-state index is -0.0708. The van der Waals surface area contributed by atoms with E-state index in [-0.39, 0.29) is 12.7 Å². The van der Waals surface area contributed by atoms with E-state index >= 15 is 0 Å². The Balaban J connectivity index is 1.77. The zero-order valence-corrected chi connectivity index (χ0v) is 13.3. The summed E-state index contributed by atoms with van der Waals surface area (Å²) in [5.41, 5.74) is 1.39. The fraction of sp³-hybridized carbons (Fsp3) is 0.333. The molecule has 3 rings (SSSR count). The molecule has 0 atom stereocenters. The van der Waals surface area contributed by atoms with Crippen LogP contribution in [0.5, 0.6) is 11.5 Å². The molecule has 1 amide bonds. The van der Waals surface area contributed by atoms with Gasteiger partial charge in [0.05, 0.1) is 0 Å². The molecule has 1 aliphatic heterocycles. The molecule has 0 saturated heterocycles. The number of ether oxygens (including phenoxy) is 2. The molecule has 0 saturated carbocycles. The van der Waals surface area contributed by atoms with Gasteiger partial charge in [-0.3, -0.25) is 4.79 Å². The van der Waals surface area contributed by atoms with Crippen molar-refractivity contribution in [1.29, 1.82) is 0 Å². The quantitative estimate of drug-likeness (QED) is 0.911. The summed E-state index contributed by atoms with van der Waals surface area (Å²) in [6.45, 7) is 1.64. The first-order valence-electron chi connectivity index (χ1n) is 6.94. The maximum atomic E-state index is 12.3. The summed E-state index contributed by atoms with van der Waals surface area (Å²) in [4.78, 5) is 18.4. The van der Waals surface area contributed by atoms with E-state index in [0.29, 0.717) is 18.0 Å². The molecule has 0 spiro atoms. The van der Waals surface area contributed by atoms with Crippen molar-refractivity contribution >= 4 is 17.2 Å². The van der Waals surface area contributed by atoms with Crippen LogP contribution in [0, 0.1) is 0 Å². The maximum absolute atomic E-state index is 12.3. The van der Waals surface area contributed by atoms with Gasteiger partial charge in [-0.05, 0) is 25.2 Å². The van der Waals surface area contributed by atoms with Gasteiger partial charge in [0.15, 0.2) is 11.5 Å². The summed E-state index contributed by atoms with van der Waals surface area (Å²) < 4.78 is 10.7. The summed E-state index contributed by atoms with van der Waals surface area (Å²) in [5.74, 6) is 1.38. The van der Waals surface area contributed by atoms with Gasteiger partial charge >= 0.3 is 0 Å². The van der Waals surface area contributed by atoms with E-state index in [2.05, 4.69) is 10.3 Å². The van der Waals surface area contributed by atoms with E-state index in [9.17, 15) is 4.79 Å². The number of thiazole rings is 1. The molecule has 2 heterocycles. The first-order valence-corrected chi connectivity index (χ1v) is 7.82. The molecule has 22 heavy (non-hydrogen) atoms. The number of carbonyl (C=O) groups excluding carboxylic acids is 1. The number of rotatable bonds is 5. The van der Waals surface area contributed by atoms with E-state index in [1.54, 1.807) is 17.3 Å². The van der Waals surface area contributed by atoms with Gasteiger partial charge in [0.2, 0.25) is 6.79 Å². The highest BCUT2D eigenvalue weighted by atomic mass is 32.1. The van der Waals surface area contributed by atoms with Gasteiger partial charge in [0, 0.05) is 31.1 Å². The van der Waals surface area contributed by atoms with Crippen LogP contribution in [0.25, 0.3) is 10.6 Å². The molecule has 116 valence electrons. The number of benzene rings is 1. The van der Waals surface area contributed by atoms with Crippen LogP contribution in [0.4, 0.5) is 0 Å². The topological polar surface area (TPSA) is 63.7 Å². The van der Waals surface area contributed by atoms with E-state index in [4.69, 9.17) is 9.47 Å². The molecule has 1 aromatic carbocycles. The summed E-state index contributed by atoms with van der Waals surface area (Å²) in [6, 6.07) is 5.67. The third-order valence-electron chi connectivity index (χ3n) is 3.39. The number of hydrogen-bond donors (Lipinski definition) is 1. The van der Waals surface area contributed by atoms with Crippen molar-refractivity contribution in [2.45, 2.75) is 0 Å². The highest BCUT2D eigenvalue weighted by Crippen LogP contribution is 2.36. The largest absolute Gasteiger partial charge is 0.454 e. The Bertz CT molecular complexity index is 686. The second-order valence-corrected chi connectivity index (χ2v) is 5.79. The number of aromatic nitrogens is 1. The fourth-order valence-electron chi connectivity index (χ4n) is 2.11. The number of fused-ring (bicyclic) bond motifs is 1. The van der Waals surface area contributed by atoms with Crippen LogP contribution in [0.3, 0.4) is 0 Å². The van der Waals surface area contributed by atoms with E-state index in [1.165, 1.54) is 11.3 Å². The monoisotopic (exact) mass is 319 g/mol. The minimum Gasteiger partial charge on any atom is -0.454 e. The maximum Gasteiger partial charge on any atom is 0.273 e. The van der Waals surface area contributed by atoms with Crippen LogP contribution < -0.4 is 14.8 Å². The lowest BCUT2D eigenvalue weighted by atomic mass is 10.2. The Labute approximate surface area is 132 Å². The Morgan fingerprint density at radius 1 is 1.41 bits per heavy atom. The van der Waals surface area contributed by atoms with Gasteiger partial charge in [0.25, 0.3) is 5.91 Å². The number of hydrogen-bond acceptors (Lipinski definition) is 6. The predicted molar refractivity (Wildman–Crippen MR) is 84.6 cm³/mol. The van der Waals surface area contributed by atoms with Crippen molar-refractivity contribution in [1.82, 2.24) is 15.2 Å². The highest BCUT2D eigenvalue weighted by molar-refractivity contribution is 7.13. The van der Waals surface area contributed by atoms with Crippen LogP contribution in [0.15, 0.2) is 23.6 Å². The van der Waals surface area contributed by atoms with Crippen molar-refractivity contribution in [2.24, 2.45) is 0 Å². The molecule has 1 N–H and O–H groups in total. The summed E-state index contributed by atoms with van der Waals surface area (Å²) in [7, 11) is 3.64. The van der Waals surface area contributed by atoms with Crippen molar-refractivity contribution in [3.05, 3.63) is 29.3 Å². The minimum absolute atomic E-state index is 0.0708. The fourth-order valence-corrected chi connectivity index (χ4v) is 2.90. The highest BCUT2D eigenvalue weighted by Gasteiger charge is 2.18. The summed E-state index contributed by atoms with van der Waals surface area (Å²) in [6.07, 6.45) is 0. The molecule has 2 aromatic rings. The van der Waals surface area contributed by atoms with Crippen molar-refractivity contribution in [2.75, 3.05) is 34.0 Å². The molecule has 0 aliphatic carbocycles. The summed E-state index contributed by atoms with van der Waals surface area (Å²) >= 11 is 1.45. The molecular formula is C15H17N3O3S. The number of amides is 1. The first kappa shape index (κ1) is 14.8. The SMILES string of the molecule is CNCCN(C)C(=O)c1csc(-c2ccc3c(c2)OCO3)n1. The standard InChI is InChI=1S/C15H17N3O3S/c1-16-5-6-18(2)15(19)11-8-22-14(17-11)10-3-4-12-13(7-10)21-9-20-12/h3-4,7-8,16H,5-6,9H2,1-2H3. The van der Waals surface area contributed by atoms with E-state index < -0.39 is 0 Å². The first-order chi connectivity index (χ1) is 10.7. The van der Waals surface area contributed by atoms with Gasteiger partial charge in [-0.1, -0.05) is 0 Å². The molecular weight excluding hydrogens is 302 g/mol. The van der Waals surface area contributed by atoms with Crippen molar-refractivity contribution < 1.29 is 14.3 Å². The second-order valence-electron chi connectivity index (χ2n) is 4.94. The molecule has 0 fully saturated rings. The van der Waals surface area contributed by atoms with Crippen LogP contribution >= 0.6 is 11.3 Å². The van der Waals surface area contributed by atoms with Gasteiger partial charge in [-0.15, -0.1) is 11.3 Å². The van der Waals surface area contributed by atoms with Crippen molar-refractivity contribution in [3.8, 4) is 22.1 Å². The van der Waals surface area contributed by atoms with Crippen LogP contribution in [-0.4, -0.2) is 49.8 Å². The second kappa shape index (κ2) is 6.33. The van der Waals surface area contributed by atoms with E-state index in [1.807, 2.05) is 25.2 Å². The number of nitrogens with zero attached hydrogens (tertiary/aromatic N) is 2. The molecule has 0 bridgehead atoms. The van der Waals surface area contributed by atoms with E-state index in [0.717, 1.165) is 22.9 Å². The lowest BCUT2D eigenvalue weighted by Crippen LogP contribution is -2.32. The Hall–Kier alpha value is -2.12. The Kier molecular flexibility index (Phi) is 4.26. The van der Waals surface area contributed by atoms with Gasteiger partial charge in [-0.2, -0.15) is 0 Å². The van der Waals surface area contributed by atoms with Crippen molar-refractivity contribution in [3.63, 3.8) is 0 Å². The third kappa shape index (κ3) is 2.90. The third-order valence-corrected chi connectivity index (χ3v) is 4.28. The molecule has 0 unspecified atom stereocenters. The van der Waals surface area contributed by atoms with Gasteiger partial charge in [-0.25, -0.2) is 4.98 Å². The van der Waals surface area contributed by atoms with Gasteiger partial charge in [0.1, 0.15) is 10.7 Å². The average molecular weight is 319 g/mol. The molecule has 6 nitrogen and oxygen atoms in total. The molecule has 1 aliphatic rings. The zero-order valence-electron chi connectivity index (χ0n) is 12.5. The molecule has 1 aromatic heterocycles. The zero-order chi connectivity index (χ0) is 15.5. The number of likely N-dealkylation sites (N-methyl/N-ethyl adjacent to an activating group) is 2. The predicted octanol–water partition coefficient (Wildman–Crippen LogP) is 1.83. The van der Waals surface area contributed by atoms with Crippen LogP contribution in [0.1, 0.15) is 10.5 Å². The Morgan fingerprint density at radius 2 is 2.23 bits per heavy atom. The number of carbonyl (C=O) groups is 1. The molecule has 0 radical (unpaired) electrons. The summed E-state index contributed by atoms with van der Waals surface area (Å²) in [5, 5.41) is 5.61. The molecule has 7 heteroatoms. The average Bonchev–Trinajstić information content (AvgIpc) is 3.19. The lowest BCUT2D eigenvalue weighted by Gasteiger charge is -2.15. The van der Waals surface area contributed by atoms with Gasteiger partial charge < -0.3 is 19.7 Å². The number of nitrogens with one attached hydrogen (secondary N) is 1.